The molecule has 0 saturated carbocycles. The monoisotopic (exact) mass is 261 g/mol. The molecule has 1 atom stereocenters. The van der Waals surface area contributed by atoms with Gasteiger partial charge in [-0.2, -0.15) is 0 Å². The van der Waals surface area contributed by atoms with Gasteiger partial charge in [0.25, 0.3) is 0 Å². The Balaban J connectivity index is 4.59. The summed E-state index contributed by atoms with van der Waals surface area (Å²) in [6.45, 7) is 10.9. The standard InChI is InChI=1S/C13H31NO2Si/c1-5-8-12-17(15-6-2,16-7-3)13(4)10-9-11-14/h13H,5-12,14H2,1-4H3. The summed E-state index contributed by atoms with van der Waals surface area (Å²) in [4.78, 5) is 0. The lowest BCUT2D eigenvalue weighted by Crippen LogP contribution is -2.46. The van der Waals surface area contributed by atoms with Crippen molar-refractivity contribution >= 4 is 8.56 Å². The maximum absolute atomic E-state index is 6.11. The first-order chi connectivity index (χ1) is 8.16. The van der Waals surface area contributed by atoms with Crippen molar-refractivity contribution in [3.63, 3.8) is 0 Å². The minimum atomic E-state index is -2.01. The quantitative estimate of drug-likeness (QED) is 0.580. The zero-order valence-electron chi connectivity index (χ0n) is 12.1. The van der Waals surface area contributed by atoms with Crippen LogP contribution in [-0.4, -0.2) is 28.3 Å². The van der Waals surface area contributed by atoms with Gasteiger partial charge in [0.15, 0.2) is 0 Å². The lowest BCUT2D eigenvalue weighted by atomic mass is 10.2. The van der Waals surface area contributed by atoms with Crippen LogP contribution in [0.4, 0.5) is 0 Å². The van der Waals surface area contributed by atoms with Crippen LogP contribution in [0, 0.1) is 0 Å². The zero-order chi connectivity index (χ0) is 13.1. The molecule has 0 aliphatic carbocycles. The normalized spacial score (nSPS) is 13.9. The number of rotatable bonds is 11. The van der Waals surface area contributed by atoms with Crippen molar-refractivity contribution < 1.29 is 8.85 Å². The van der Waals surface area contributed by atoms with Gasteiger partial charge in [0.05, 0.1) is 0 Å². The molecule has 104 valence electrons. The maximum Gasteiger partial charge on any atom is 0.341 e. The van der Waals surface area contributed by atoms with Crippen LogP contribution in [0.25, 0.3) is 0 Å². The first-order valence-corrected chi connectivity index (χ1v) is 9.24. The second kappa shape index (κ2) is 10.1. The Morgan fingerprint density at radius 3 is 2.06 bits per heavy atom. The van der Waals surface area contributed by atoms with E-state index in [-0.39, 0.29) is 0 Å². The Labute approximate surface area is 108 Å². The Morgan fingerprint density at radius 2 is 1.65 bits per heavy atom. The predicted octanol–water partition coefficient (Wildman–Crippen LogP) is 3.43. The molecule has 0 aliphatic rings. The summed E-state index contributed by atoms with van der Waals surface area (Å²) >= 11 is 0. The molecule has 17 heavy (non-hydrogen) atoms. The SMILES string of the molecule is CCCC[Si](OCC)(OCC)C(C)CCCN. The molecule has 0 rings (SSSR count). The van der Waals surface area contributed by atoms with Crippen molar-refractivity contribution in [1.82, 2.24) is 0 Å². The number of unbranched alkanes of at least 4 members (excludes halogenated alkanes) is 1. The van der Waals surface area contributed by atoms with E-state index in [1.54, 1.807) is 0 Å². The molecular weight excluding hydrogens is 230 g/mol. The van der Waals surface area contributed by atoms with E-state index >= 15 is 0 Å². The van der Waals surface area contributed by atoms with E-state index in [4.69, 9.17) is 14.6 Å². The summed E-state index contributed by atoms with van der Waals surface area (Å²) in [5.41, 5.74) is 6.14. The summed E-state index contributed by atoms with van der Waals surface area (Å²) in [6, 6.07) is 1.12. The van der Waals surface area contributed by atoms with Crippen molar-refractivity contribution in [3.05, 3.63) is 0 Å². The summed E-state index contributed by atoms with van der Waals surface area (Å²) in [7, 11) is -2.01. The Bertz CT molecular complexity index is 173. The molecule has 0 aromatic rings. The molecule has 0 aromatic carbocycles. The highest BCUT2D eigenvalue weighted by atomic mass is 28.4. The molecule has 0 heterocycles. The van der Waals surface area contributed by atoms with Gasteiger partial charge < -0.3 is 14.6 Å². The fraction of sp³-hybridized carbons (Fsp3) is 1.00. The minimum Gasteiger partial charge on any atom is -0.394 e. The molecular formula is C13H31NO2Si. The van der Waals surface area contributed by atoms with Gasteiger partial charge in [0.1, 0.15) is 0 Å². The second-order valence-electron chi connectivity index (χ2n) is 4.61. The van der Waals surface area contributed by atoms with Crippen LogP contribution >= 0.6 is 0 Å². The van der Waals surface area contributed by atoms with Gasteiger partial charge in [-0.25, -0.2) is 0 Å². The highest BCUT2D eigenvalue weighted by Gasteiger charge is 2.41. The molecule has 0 aliphatic heterocycles. The average Bonchev–Trinajstić information content (AvgIpc) is 2.33. The molecule has 0 amide bonds. The van der Waals surface area contributed by atoms with E-state index in [1.165, 1.54) is 12.8 Å². The molecule has 2 N–H and O–H groups in total. The fourth-order valence-corrected chi connectivity index (χ4v) is 6.17. The van der Waals surface area contributed by atoms with Crippen LogP contribution in [0.15, 0.2) is 0 Å². The molecule has 4 heteroatoms. The Kier molecular flexibility index (Phi) is 10.1. The van der Waals surface area contributed by atoms with Crippen molar-refractivity contribution in [3.8, 4) is 0 Å². The molecule has 0 saturated heterocycles. The smallest absolute Gasteiger partial charge is 0.341 e. The Morgan fingerprint density at radius 1 is 1.06 bits per heavy atom. The third-order valence-corrected chi connectivity index (χ3v) is 7.64. The predicted molar refractivity (Wildman–Crippen MR) is 76.4 cm³/mol. The molecule has 0 radical (unpaired) electrons. The van der Waals surface area contributed by atoms with E-state index in [1.807, 2.05) is 0 Å². The van der Waals surface area contributed by atoms with E-state index in [0.717, 1.165) is 38.6 Å². The van der Waals surface area contributed by atoms with Crippen LogP contribution < -0.4 is 5.73 Å². The maximum atomic E-state index is 6.11. The third kappa shape index (κ3) is 6.00. The Hall–Kier alpha value is 0.0969. The van der Waals surface area contributed by atoms with E-state index < -0.39 is 8.56 Å². The van der Waals surface area contributed by atoms with Crippen LogP contribution in [0.1, 0.15) is 53.4 Å². The van der Waals surface area contributed by atoms with Gasteiger partial charge in [0, 0.05) is 13.2 Å². The molecule has 0 aromatic heterocycles. The highest BCUT2D eigenvalue weighted by Crippen LogP contribution is 2.33. The van der Waals surface area contributed by atoms with Gasteiger partial charge in [-0.3, -0.25) is 0 Å². The fourth-order valence-electron chi connectivity index (χ4n) is 2.27. The number of hydrogen-bond donors (Lipinski definition) is 1. The van der Waals surface area contributed by atoms with Crippen LogP contribution in [0.5, 0.6) is 0 Å². The average molecular weight is 261 g/mol. The first-order valence-electron chi connectivity index (χ1n) is 7.14. The van der Waals surface area contributed by atoms with Gasteiger partial charge in [0.2, 0.25) is 0 Å². The molecule has 1 unspecified atom stereocenters. The zero-order valence-corrected chi connectivity index (χ0v) is 13.1. The second-order valence-corrected chi connectivity index (χ2v) is 8.30. The van der Waals surface area contributed by atoms with Gasteiger partial charge in [-0.15, -0.1) is 0 Å². The van der Waals surface area contributed by atoms with Crippen molar-refractivity contribution in [2.75, 3.05) is 19.8 Å². The molecule has 0 fully saturated rings. The number of nitrogens with two attached hydrogens (primary N) is 1. The van der Waals surface area contributed by atoms with Crippen molar-refractivity contribution in [2.24, 2.45) is 5.73 Å². The molecule has 0 bridgehead atoms. The topological polar surface area (TPSA) is 44.5 Å². The van der Waals surface area contributed by atoms with Crippen molar-refractivity contribution in [1.29, 1.82) is 0 Å². The largest absolute Gasteiger partial charge is 0.394 e. The summed E-state index contributed by atoms with van der Waals surface area (Å²) in [5, 5.41) is 0. The van der Waals surface area contributed by atoms with Crippen LogP contribution in [0.2, 0.25) is 11.6 Å². The minimum absolute atomic E-state index is 0.539. The van der Waals surface area contributed by atoms with Crippen molar-refractivity contribution in [2.45, 2.75) is 65.0 Å². The lowest BCUT2D eigenvalue weighted by molar-refractivity contribution is 0.170. The molecule has 0 spiro atoms. The summed E-state index contributed by atoms with van der Waals surface area (Å²) < 4.78 is 12.2. The van der Waals surface area contributed by atoms with Crippen LogP contribution in [0.3, 0.4) is 0 Å². The van der Waals surface area contributed by atoms with Gasteiger partial charge in [-0.1, -0.05) is 26.7 Å². The van der Waals surface area contributed by atoms with E-state index in [2.05, 4.69) is 27.7 Å². The van der Waals surface area contributed by atoms with Crippen LogP contribution in [-0.2, 0) is 8.85 Å². The third-order valence-electron chi connectivity index (χ3n) is 3.25. The first kappa shape index (κ1) is 17.1. The highest BCUT2D eigenvalue weighted by molar-refractivity contribution is 6.68. The number of hydrogen-bond acceptors (Lipinski definition) is 3. The summed E-state index contributed by atoms with van der Waals surface area (Å²) in [5.74, 6) is 0. The van der Waals surface area contributed by atoms with Gasteiger partial charge in [-0.05, 0) is 44.8 Å². The lowest BCUT2D eigenvalue weighted by Gasteiger charge is -2.35. The van der Waals surface area contributed by atoms with Gasteiger partial charge >= 0.3 is 8.56 Å². The summed E-state index contributed by atoms with van der Waals surface area (Å²) in [6.07, 6.45) is 4.62. The van der Waals surface area contributed by atoms with E-state index in [9.17, 15) is 0 Å². The van der Waals surface area contributed by atoms with E-state index in [0.29, 0.717) is 5.54 Å². The molecule has 3 nitrogen and oxygen atoms in total.